The first-order valence-electron chi connectivity index (χ1n) is 6.93. The molecule has 21 heavy (non-hydrogen) atoms. The molecule has 0 aliphatic carbocycles. The maximum Gasteiger partial charge on any atom is 0.338 e. The van der Waals surface area contributed by atoms with Crippen LogP contribution in [-0.2, 0) is 11.3 Å². The number of thiazole rings is 1. The molecule has 2 aromatic rings. The zero-order valence-electron chi connectivity index (χ0n) is 12.8. The summed E-state index contributed by atoms with van der Waals surface area (Å²) < 4.78 is 5.16. The van der Waals surface area contributed by atoms with Crippen LogP contribution in [0.15, 0.2) is 24.3 Å². The molecule has 1 aromatic heterocycles. The molecular weight excluding hydrogens is 284 g/mol. The second-order valence-corrected chi connectivity index (χ2v) is 6.41. The van der Waals surface area contributed by atoms with Gasteiger partial charge in [-0.05, 0) is 52.0 Å². The van der Waals surface area contributed by atoms with Crippen molar-refractivity contribution in [2.24, 2.45) is 0 Å². The van der Waals surface area contributed by atoms with Crippen LogP contribution in [0.2, 0.25) is 0 Å². The summed E-state index contributed by atoms with van der Waals surface area (Å²) in [7, 11) is 0. The largest absolute Gasteiger partial charge is 0.459 e. The van der Waals surface area contributed by atoms with E-state index in [1.807, 2.05) is 39.8 Å². The van der Waals surface area contributed by atoms with Crippen LogP contribution in [0.4, 0.5) is 5.69 Å². The smallest absolute Gasteiger partial charge is 0.338 e. The van der Waals surface area contributed by atoms with Gasteiger partial charge in [0.1, 0.15) is 0 Å². The average Bonchev–Trinajstić information content (AvgIpc) is 2.74. The van der Waals surface area contributed by atoms with Crippen molar-refractivity contribution < 1.29 is 9.53 Å². The van der Waals surface area contributed by atoms with E-state index >= 15 is 0 Å². The monoisotopic (exact) mass is 304 g/mol. The highest BCUT2D eigenvalue weighted by atomic mass is 32.1. The van der Waals surface area contributed by atoms with E-state index in [-0.39, 0.29) is 12.1 Å². The summed E-state index contributed by atoms with van der Waals surface area (Å²) in [5.74, 6) is -0.287. The molecule has 0 bridgehead atoms. The minimum Gasteiger partial charge on any atom is -0.459 e. The summed E-state index contributed by atoms with van der Waals surface area (Å²) in [6.45, 7) is 8.45. The maximum absolute atomic E-state index is 11.7. The van der Waals surface area contributed by atoms with E-state index < -0.39 is 0 Å². The molecule has 0 amide bonds. The number of aryl methyl sites for hydroxylation is 2. The number of nitrogens with one attached hydrogen (secondary N) is 1. The molecule has 112 valence electrons. The number of anilines is 1. The molecule has 0 aliphatic heterocycles. The quantitative estimate of drug-likeness (QED) is 0.850. The lowest BCUT2D eigenvalue weighted by Crippen LogP contribution is -2.11. The number of ether oxygens (including phenoxy) is 1. The van der Waals surface area contributed by atoms with Crippen LogP contribution in [0.25, 0.3) is 0 Å². The molecule has 0 saturated heterocycles. The molecule has 0 fully saturated rings. The molecule has 0 saturated carbocycles. The summed E-state index contributed by atoms with van der Waals surface area (Å²) >= 11 is 1.70. The standard InChI is InChI=1S/C16H20N2O2S/c1-10(2)20-16(19)13-5-7-14(8-6-13)17-9-15-11(3)18-12(4)21-15/h5-8,10,17H,9H2,1-4H3. The predicted octanol–water partition coefficient (Wildman–Crippen LogP) is 3.94. The number of carbonyl (C=O) groups excluding carboxylic acids is 1. The highest BCUT2D eigenvalue weighted by Crippen LogP contribution is 2.19. The maximum atomic E-state index is 11.7. The van der Waals surface area contributed by atoms with Crippen LogP contribution in [0, 0.1) is 13.8 Å². The Morgan fingerprint density at radius 1 is 1.29 bits per heavy atom. The Hall–Kier alpha value is -1.88. The number of benzene rings is 1. The first-order valence-corrected chi connectivity index (χ1v) is 7.75. The zero-order valence-corrected chi connectivity index (χ0v) is 13.6. The number of nitrogens with zero attached hydrogens (tertiary/aromatic N) is 1. The van der Waals surface area contributed by atoms with Gasteiger partial charge in [0.15, 0.2) is 0 Å². The molecule has 0 radical (unpaired) electrons. The molecule has 2 rings (SSSR count). The van der Waals surface area contributed by atoms with E-state index in [0.717, 1.165) is 22.9 Å². The summed E-state index contributed by atoms with van der Waals surface area (Å²) in [5.41, 5.74) is 2.61. The Labute approximate surface area is 129 Å². The number of hydrogen-bond acceptors (Lipinski definition) is 5. The fourth-order valence-electron chi connectivity index (χ4n) is 1.93. The third kappa shape index (κ3) is 4.29. The number of aromatic nitrogens is 1. The SMILES string of the molecule is Cc1nc(C)c(CNc2ccc(C(=O)OC(C)C)cc2)s1. The van der Waals surface area contributed by atoms with Crippen LogP contribution in [-0.4, -0.2) is 17.1 Å². The van der Waals surface area contributed by atoms with E-state index in [4.69, 9.17) is 4.74 Å². The molecule has 4 nitrogen and oxygen atoms in total. The van der Waals surface area contributed by atoms with Crippen molar-refractivity contribution in [1.29, 1.82) is 0 Å². The molecule has 0 atom stereocenters. The van der Waals surface area contributed by atoms with Crippen molar-refractivity contribution in [3.05, 3.63) is 45.4 Å². The van der Waals surface area contributed by atoms with Crippen LogP contribution >= 0.6 is 11.3 Å². The van der Waals surface area contributed by atoms with Gasteiger partial charge in [-0.25, -0.2) is 9.78 Å². The fraction of sp³-hybridized carbons (Fsp3) is 0.375. The van der Waals surface area contributed by atoms with Gasteiger partial charge in [-0.2, -0.15) is 0 Å². The van der Waals surface area contributed by atoms with Crippen LogP contribution in [0.5, 0.6) is 0 Å². The minimum atomic E-state index is -0.287. The van der Waals surface area contributed by atoms with Gasteiger partial charge in [0.25, 0.3) is 0 Å². The first-order chi connectivity index (χ1) is 9.95. The number of carbonyl (C=O) groups is 1. The molecule has 5 heteroatoms. The summed E-state index contributed by atoms with van der Waals surface area (Å²) in [5, 5.41) is 4.42. The van der Waals surface area contributed by atoms with E-state index in [1.165, 1.54) is 4.88 Å². The average molecular weight is 304 g/mol. The second-order valence-electron chi connectivity index (χ2n) is 5.13. The number of hydrogen-bond donors (Lipinski definition) is 1. The molecule has 0 aliphatic rings. The predicted molar refractivity (Wildman–Crippen MR) is 85.9 cm³/mol. The highest BCUT2D eigenvalue weighted by molar-refractivity contribution is 7.11. The molecule has 1 N–H and O–H groups in total. The third-order valence-electron chi connectivity index (χ3n) is 2.92. The first kappa shape index (κ1) is 15.5. The van der Waals surface area contributed by atoms with Gasteiger partial charge in [0.05, 0.1) is 28.9 Å². The molecule has 0 unspecified atom stereocenters. The van der Waals surface area contributed by atoms with Gasteiger partial charge in [-0.3, -0.25) is 0 Å². The van der Waals surface area contributed by atoms with Crippen LogP contribution in [0.3, 0.4) is 0 Å². The van der Waals surface area contributed by atoms with E-state index in [1.54, 1.807) is 23.5 Å². The van der Waals surface area contributed by atoms with Crippen molar-refractivity contribution in [3.63, 3.8) is 0 Å². The Morgan fingerprint density at radius 2 is 1.95 bits per heavy atom. The van der Waals surface area contributed by atoms with Gasteiger partial charge < -0.3 is 10.1 Å². The van der Waals surface area contributed by atoms with Gasteiger partial charge in [0, 0.05) is 10.6 Å². The van der Waals surface area contributed by atoms with Gasteiger partial charge in [0.2, 0.25) is 0 Å². The molecule has 1 aromatic carbocycles. The molecule has 0 spiro atoms. The number of rotatable bonds is 5. The summed E-state index contributed by atoms with van der Waals surface area (Å²) in [6, 6.07) is 7.33. The van der Waals surface area contributed by atoms with Gasteiger partial charge >= 0.3 is 5.97 Å². The minimum absolute atomic E-state index is 0.104. The van der Waals surface area contributed by atoms with Crippen molar-refractivity contribution in [2.45, 2.75) is 40.3 Å². The number of esters is 1. The summed E-state index contributed by atoms with van der Waals surface area (Å²) in [4.78, 5) is 17.4. The Kier molecular flexibility index (Phi) is 4.96. The topological polar surface area (TPSA) is 51.2 Å². The summed E-state index contributed by atoms with van der Waals surface area (Å²) in [6.07, 6.45) is -0.104. The van der Waals surface area contributed by atoms with E-state index in [0.29, 0.717) is 5.56 Å². The highest BCUT2D eigenvalue weighted by Gasteiger charge is 2.09. The Bertz CT molecular complexity index is 618. The van der Waals surface area contributed by atoms with Crippen molar-refractivity contribution in [1.82, 2.24) is 4.98 Å². The Balaban J connectivity index is 1.96. The lowest BCUT2D eigenvalue weighted by Gasteiger charge is -2.09. The molecular formula is C16H20N2O2S. The molecule has 1 heterocycles. The lowest BCUT2D eigenvalue weighted by molar-refractivity contribution is 0.0378. The lowest BCUT2D eigenvalue weighted by atomic mass is 10.2. The van der Waals surface area contributed by atoms with E-state index in [9.17, 15) is 4.79 Å². The fourth-order valence-corrected chi connectivity index (χ4v) is 2.80. The normalized spacial score (nSPS) is 10.7. The van der Waals surface area contributed by atoms with Crippen molar-refractivity contribution >= 4 is 23.0 Å². The van der Waals surface area contributed by atoms with Crippen LogP contribution in [0.1, 0.15) is 39.8 Å². The van der Waals surface area contributed by atoms with Gasteiger partial charge in [-0.1, -0.05) is 0 Å². The zero-order chi connectivity index (χ0) is 15.4. The van der Waals surface area contributed by atoms with E-state index in [2.05, 4.69) is 10.3 Å². The second kappa shape index (κ2) is 6.72. The van der Waals surface area contributed by atoms with Crippen LogP contribution < -0.4 is 5.32 Å². The van der Waals surface area contributed by atoms with Gasteiger partial charge in [-0.15, -0.1) is 11.3 Å². The Morgan fingerprint density at radius 3 is 2.48 bits per heavy atom. The van der Waals surface area contributed by atoms with Crippen molar-refractivity contribution in [3.8, 4) is 0 Å². The third-order valence-corrected chi connectivity index (χ3v) is 3.99. The van der Waals surface area contributed by atoms with Crippen molar-refractivity contribution in [2.75, 3.05) is 5.32 Å².